The molecule has 0 amide bonds. The van der Waals surface area contributed by atoms with Crippen LogP contribution in [-0.2, 0) is 6.54 Å². The van der Waals surface area contributed by atoms with E-state index in [4.69, 9.17) is 20.9 Å². The van der Waals surface area contributed by atoms with Crippen molar-refractivity contribution in [1.82, 2.24) is 19.9 Å². The Morgan fingerprint density at radius 3 is 2.94 bits per heavy atom. The summed E-state index contributed by atoms with van der Waals surface area (Å²) in [5.41, 5.74) is 3.16. The highest BCUT2D eigenvalue weighted by Crippen LogP contribution is 2.30. The minimum atomic E-state index is -0.245. The average Bonchev–Trinajstić information content (AvgIpc) is 3.35. The Bertz CT molecular complexity index is 1110. The predicted molar refractivity (Wildman–Crippen MR) is 119 cm³/mol. The van der Waals surface area contributed by atoms with Crippen molar-refractivity contribution in [3.8, 4) is 17.0 Å². The van der Waals surface area contributed by atoms with Gasteiger partial charge in [0.05, 0.1) is 24.1 Å². The maximum absolute atomic E-state index is 12.5. The van der Waals surface area contributed by atoms with Crippen LogP contribution in [0.3, 0.4) is 0 Å². The summed E-state index contributed by atoms with van der Waals surface area (Å²) in [6.07, 6.45) is 6.02. The fourth-order valence-electron chi connectivity index (χ4n) is 3.88. The molecule has 0 radical (unpaired) electrons. The molecule has 4 heterocycles. The fourth-order valence-corrected chi connectivity index (χ4v) is 4.15. The molecule has 8 nitrogen and oxygen atoms in total. The van der Waals surface area contributed by atoms with E-state index < -0.39 is 0 Å². The molecule has 0 unspecified atom stereocenters. The van der Waals surface area contributed by atoms with Crippen molar-refractivity contribution in [2.45, 2.75) is 52.7 Å². The van der Waals surface area contributed by atoms with E-state index in [1.807, 2.05) is 30.9 Å². The van der Waals surface area contributed by atoms with Crippen LogP contribution in [0.1, 0.15) is 37.6 Å². The number of hydrogen-bond acceptors (Lipinski definition) is 7. The topological polar surface area (TPSA) is 86.3 Å². The number of unbranched alkanes of at least 4 members (excludes halogenated alkanes) is 1. The molecule has 0 aliphatic carbocycles. The van der Waals surface area contributed by atoms with Crippen LogP contribution in [0.4, 0.5) is 5.69 Å². The van der Waals surface area contributed by atoms with Gasteiger partial charge in [-0.3, -0.25) is 4.79 Å². The zero-order valence-electron chi connectivity index (χ0n) is 18.0. The summed E-state index contributed by atoms with van der Waals surface area (Å²) in [5, 5.41) is 8.53. The van der Waals surface area contributed by atoms with E-state index >= 15 is 0 Å². The van der Waals surface area contributed by atoms with E-state index in [1.54, 1.807) is 12.4 Å². The van der Waals surface area contributed by atoms with Gasteiger partial charge in [-0.1, -0.05) is 30.1 Å². The minimum Gasteiger partial charge on any atom is -0.472 e. The van der Waals surface area contributed by atoms with Crippen LogP contribution in [-0.4, -0.2) is 39.1 Å². The Morgan fingerprint density at radius 1 is 1.35 bits per heavy atom. The van der Waals surface area contributed by atoms with E-state index in [-0.39, 0.29) is 16.7 Å². The molecule has 0 saturated carbocycles. The molecule has 3 aromatic rings. The van der Waals surface area contributed by atoms with Crippen LogP contribution in [0.15, 0.2) is 33.8 Å². The first kappa shape index (κ1) is 21.4. The molecular weight excluding hydrogens is 418 g/mol. The summed E-state index contributed by atoms with van der Waals surface area (Å²) < 4.78 is 12.8. The van der Waals surface area contributed by atoms with Gasteiger partial charge in [-0.05, 0) is 31.9 Å². The van der Waals surface area contributed by atoms with Gasteiger partial charge in [-0.15, -0.1) is 0 Å². The van der Waals surface area contributed by atoms with Crippen LogP contribution in [0.5, 0.6) is 5.88 Å². The van der Waals surface area contributed by atoms with E-state index in [0.717, 1.165) is 48.4 Å². The van der Waals surface area contributed by atoms with Crippen LogP contribution in [0.2, 0.25) is 5.02 Å². The zero-order chi connectivity index (χ0) is 22.0. The zero-order valence-corrected chi connectivity index (χ0v) is 18.7. The standard InChI is InChI=1S/C22H26ClN5O3/c1-4-5-9-28-22(29)21(23)18(12-25-28)27-10-7-17(13-27)30-19-11-16(6-8-24-19)20-14(2)26-31-15(20)3/h6,8,11-12,17H,4-5,7,9-10,13H2,1-3H3/t17-/m1/s1. The number of pyridine rings is 1. The van der Waals surface area contributed by atoms with E-state index in [9.17, 15) is 4.79 Å². The molecule has 1 saturated heterocycles. The van der Waals surface area contributed by atoms with Crippen molar-refractivity contribution < 1.29 is 9.26 Å². The van der Waals surface area contributed by atoms with Gasteiger partial charge in [0.15, 0.2) is 0 Å². The molecular formula is C22H26ClN5O3. The lowest BCUT2D eigenvalue weighted by molar-refractivity contribution is 0.216. The second-order valence-electron chi connectivity index (χ2n) is 7.78. The fraction of sp³-hybridized carbons (Fsp3) is 0.455. The van der Waals surface area contributed by atoms with Crippen molar-refractivity contribution in [2.24, 2.45) is 0 Å². The summed E-state index contributed by atoms with van der Waals surface area (Å²) in [6.45, 7) is 7.79. The Morgan fingerprint density at radius 2 is 2.19 bits per heavy atom. The molecule has 1 aliphatic heterocycles. The van der Waals surface area contributed by atoms with Crippen molar-refractivity contribution in [1.29, 1.82) is 0 Å². The Balaban J connectivity index is 1.46. The average molecular weight is 444 g/mol. The van der Waals surface area contributed by atoms with Crippen LogP contribution >= 0.6 is 11.6 Å². The molecule has 31 heavy (non-hydrogen) atoms. The maximum atomic E-state index is 12.5. The number of nitrogens with zero attached hydrogens (tertiary/aromatic N) is 5. The highest BCUT2D eigenvalue weighted by molar-refractivity contribution is 6.33. The van der Waals surface area contributed by atoms with Gasteiger partial charge < -0.3 is 14.2 Å². The lowest BCUT2D eigenvalue weighted by atomic mass is 10.1. The van der Waals surface area contributed by atoms with Gasteiger partial charge in [-0.25, -0.2) is 9.67 Å². The summed E-state index contributed by atoms with van der Waals surface area (Å²) >= 11 is 6.39. The molecule has 164 valence electrons. The van der Waals surface area contributed by atoms with Crippen molar-refractivity contribution in [3.05, 3.63) is 51.4 Å². The highest BCUT2D eigenvalue weighted by Gasteiger charge is 2.27. The highest BCUT2D eigenvalue weighted by atomic mass is 35.5. The molecule has 3 aromatic heterocycles. The smallest absolute Gasteiger partial charge is 0.287 e. The first-order valence-electron chi connectivity index (χ1n) is 10.5. The first-order chi connectivity index (χ1) is 15.0. The van der Waals surface area contributed by atoms with E-state index in [2.05, 4.69) is 22.2 Å². The van der Waals surface area contributed by atoms with E-state index in [0.29, 0.717) is 24.7 Å². The first-order valence-corrected chi connectivity index (χ1v) is 10.9. The summed E-state index contributed by atoms with van der Waals surface area (Å²) in [5.74, 6) is 1.31. The van der Waals surface area contributed by atoms with E-state index in [1.165, 1.54) is 4.68 Å². The largest absolute Gasteiger partial charge is 0.472 e. The number of anilines is 1. The predicted octanol–water partition coefficient (Wildman–Crippen LogP) is 4.02. The van der Waals surface area contributed by atoms with Crippen molar-refractivity contribution in [3.63, 3.8) is 0 Å². The van der Waals surface area contributed by atoms with Gasteiger partial charge in [0, 0.05) is 37.3 Å². The molecule has 4 rings (SSSR count). The lowest BCUT2D eigenvalue weighted by Gasteiger charge is -2.20. The van der Waals surface area contributed by atoms with Gasteiger partial charge in [-0.2, -0.15) is 5.10 Å². The third-order valence-electron chi connectivity index (χ3n) is 5.52. The van der Waals surface area contributed by atoms with Gasteiger partial charge in [0.25, 0.3) is 5.56 Å². The number of hydrogen-bond donors (Lipinski definition) is 0. The summed E-state index contributed by atoms with van der Waals surface area (Å²) in [6, 6.07) is 3.82. The number of ether oxygens (including phenoxy) is 1. The quantitative estimate of drug-likeness (QED) is 0.545. The van der Waals surface area contributed by atoms with Crippen LogP contribution in [0, 0.1) is 13.8 Å². The van der Waals surface area contributed by atoms with Gasteiger partial charge in [0.1, 0.15) is 16.9 Å². The summed E-state index contributed by atoms with van der Waals surface area (Å²) in [4.78, 5) is 18.9. The molecule has 0 aromatic carbocycles. The second kappa shape index (κ2) is 9.09. The molecule has 0 spiro atoms. The SMILES string of the molecule is CCCCn1ncc(N2CC[C@@H](Oc3cc(-c4c(C)noc4C)ccn3)C2)c(Cl)c1=O. The number of rotatable bonds is 7. The molecule has 1 aliphatic rings. The molecule has 0 N–H and O–H groups in total. The normalized spacial score (nSPS) is 16.1. The maximum Gasteiger partial charge on any atom is 0.287 e. The van der Waals surface area contributed by atoms with Gasteiger partial charge in [0.2, 0.25) is 5.88 Å². The van der Waals surface area contributed by atoms with Crippen LogP contribution in [0.25, 0.3) is 11.1 Å². The Labute approximate surface area is 185 Å². The molecule has 1 atom stereocenters. The third-order valence-corrected chi connectivity index (χ3v) is 5.88. The monoisotopic (exact) mass is 443 g/mol. The van der Waals surface area contributed by atoms with Gasteiger partial charge >= 0.3 is 0 Å². The molecule has 9 heteroatoms. The van der Waals surface area contributed by atoms with Crippen molar-refractivity contribution >= 4 is 17.3 Å². The van der Waals surface area contributed by atoms with Crippen LogP contribution < -0.4 is 15.2 Å². The van der Waals surface area contributed by atoms with Crippen molar-refractivity contribution in [2.75, 3.05) is 18.0 Å². The number of aryl methyl sites for hydroxylation is 3. The minimum absolute atomic E-state index is 0.0639. The summed E-state index contributed by atoms with van der Waals surface area (Å²) in [7, 11) is 0. The Hall–Kier alpha value is -2.87. The second-order valence-corrected chi connectivity index (χ2v) is 8.16. The Kier molecular flexibility index (Phi) is 6.27. The molecule has 1 fully saturated rings. The lowest BCUT2D eigenvalue weighted by Crippen LogP contribution is -2.29. The third kappa shape index (κ3) is 4.44. The molecule has 0 bridgehead atoms. The number of halogens is 1. The number of aromatic nitrogens is 4.